The molecule has 0 aliphatic heterocycles. The first kappa shape index (κ1) is 11.5. The van der Waals surface area contributed by atoms with Gasteiger partial charge in [-0.05, 0) is 42.0 Å². The minimum Gasteiger partial charge on any atom is -0.489 e. The Labute approximate surface area is 99.1 Å². The van der Waals surface area contributed by atoms with E-state index >= 15 is 0 Å². The monoisotopic (exact) mass is 232 g/mol. The number of ether oxygens (including phenoxy) is 1. The van der Waals surface area contributed by atoms with Gasteiger partial charge in [-0.3, -0.25) is 4.98 Å². The number of hydrogen-bond donors (Lipinski definition) is 1. The van der Waals surface area contributed by atoms with Crippen molar-refractivity contribution in [1.82, 2.24) is 4.98 Å². The van der Waals surface area contributed by atoms with Gasteiger partial charge in [0.2, 0.25) is 0 Å². The molecule has 1 aromatic carbocycles. The van der Waals surface area contributed by atoms with Gasteiger partial charge in [0.15, 0.2) is 0 Å². The van der Waals surface area contributed by atoms with E-state index in [-0.39, 0.29) is 5.82 Å². The van der Waals surface area contributed by atoms with Crippen molar-refractivity contribution in [2.24, 2.45) is 5.73 Å². The van der Waals surface area contributed by atoms with Crippen molar-refractivity contribution in [2.75, 3.05) is 0 Å². The second-order valence-corrected chi connectivity index (χ2v) is 3.60. The van der Waals surface area contributed by atoms with Crippen LogP contribution in [0.25, 0.3) is 0 Å². The van der Waals surface area contributed by atoms with Crippen LogP contribution in [0.1, 0.15) is 11.3 Å². The molecule has 0 amide bonds. The smallest absolute Gasteiger partial charge is 0.123 e. The van der Waals surface area contributed by atoms with E-state index in [0.29, 0.717) is 18.9 Å². The molecule has 0 fully saturated rings. The van der Waals surface area contributed by atoms with Gasteiger partial charge in [0, 0.05) is 12.7 Å². The Kier molecular flexibility index (Phi) is 3.67. The van der Waals surface area contributed by atoms with Gasteiger partial charge in [0.25, 0.3) is 0 Å². The average Bonchev–Trinajstić information content (AvgIpc) is 2.38. The van der Waals surface area contributed by atoms with E-state index in [4.69, 9.17) is 10.5 Å². The molecule has 1 heterocycles. The molecule has 0 saturated carbocycles. The van der Waals surface area contributed by atoms with Crippen molar-refractivity contribution in [3.8, 4) is 5.75 Å². The van der Waals surface area contributed by atoms with Gasteiger partial charge in [-0.25, -0.2) is 4.39 Å². The molecule has 17 heavy (non-hydrogen) atoms. The van der Waals surface area contributed by atoms with Crippen molar-refractivity contribution in [1.29, 1.82) is 0 Å². The van der Waals surface area contributed by atoms with Crippen molar-refractivity contribution < 1.29 is 9.13 Å². The number of benzene rings is 1. The van der Waals surface area contributed by atoms with E-state index in [1.165, 1.54) is 12.1 Å². The summed E-state index contributed by atoms with van der Waals surface area (Å²) in [6, 6.07) is 9.69. The van der Waals surface area contributed by atoms with Crippen LogP contribution >= 0.6 is 0 Å². The molecule has 88 valence electrons. The van der Waals surface area contributed by atoms with Crippen LogP contribution in [0, 0.1) is 5.82 Å². The Morgan fingerprint density at radius 2 is 1.94 bits per heavy atom. The molecule has 2 aromatic rings. The molecular formula is C13H13FN2O. The lowest BCUT2D eigenvalue weighted by Gasteiger charge is -2.06. The number of rotatable bonds is 4. The molecule has 0 unspecified atom stereocenters. The Morgan fingerprint density at radius 3 is 2.65 bits per heavy atom. The maximum Gasteiger partial charge on any atom is 0.123 e. The first-order valence-corrected chi connectivity index (χ1v) is 5.30. The van der Waals surface area contributed by atoms with Gasteiger partial charge >= 0.3 is 0 Å². The van der Waals surface area contributed by atoms with E-state index in [1.54, 1.807) is 18.3 Å². The molecule has 3 nitrogen and oxygen atoms in total. The zero-order chi connectivity index (χ0) is 12.1. The molecule has 0 aliphatic carbocycles. The molecule has 0 spiro atoms. The van der Waals surface area contributed by atoms with E-state index in [9.17, 15) is 4.39 Å². The van der Waals surface area contributed by atoms with E-state index in [0.717, 1.165) is 11.3 Å². The van der Waals surface area contributed by atoms with E-state index in [1.807, 2.05) is 12.1 Å². The summed E-state index contributed by atoms with van der Waals surface area (Å²) in [6.45, 7) is 0.825. The third kappa shape index (κ3) is 3.26. The van der Waals surface area contributed by atoms with Gasteiger partial charge in [0.1, 0.15) is 18.2 Å². The fourth-order valence-corrected chi connectivity index (χ4v) is 1.43. The van der Waals surface area contributed by atoms with Crippen molar-refractivity contribution >= 4 is 0 Å². The Hall–Kier alpha value is -1.94. The Bertz CT molecular complexity index is 485. The molecular weight excluding hydrogens is 219 g/mol. The number of aromatic nitrogens is 1. The number of nitrogens with two attached hydrogens (primary N) is 1. The van der Waals surface area contributed by atoms with E-state index in [2.05, 4.69) is 4.98 Å². The predicted octanol–water partition coefficient (Wildman–Crippen LogP) is 2.26. The van der Waals surface area contributed by atoms with Crippen LogP contribution in [0.15, 0.2) is 42.6 Å². The molecule has 0 radical (unpaired) electrons. The van der Waals surface area contributed by atoms with Crippen LogP contribution in [0.3, 0.4) is 0 Å². The molecule has 0 saturated heterocycles. The maximum atomic E-state index is 12.7. The highest BCUT2D eigenvalue weighted by molar-refractivity contribution is 5.23. The van der Waals surface area contributed by atoms with Crippen LogP contribution < -0.4 is 10.5 Å². The van der Waals surface area contributed by atoms with Gasteiger partial charge in [-0.1, -0.05) is 0 Å². The molecule has 1 aromatic heterocycles. The number of hydrogen-bond acceptors (Lipinski definition) is 3. The van der Waals surface area contributed by atoms with Crippen LogP contribution in [0.5, 0.6) is 5.75 Å². The van der Waals surface area contributed by atoms with Crippen LogP contribution in [-0.4, -0.2) is 4.98 Å². The summed E-state index contributed by atoms with van der Waals surface area (Å²) < 4.78 is 18.2. The van der Waals surface area contributed by atoms with Crippen LogP contribution in [0.2, 0.25) is 0 Å². The standard InChI is InChI=1S/C13H13FN2O/c14-11-1-3-13(4-2-11)17-9-10-5-6-16-12(7-10)8-15/h1-7H,8-9,15H2. The summed E-state index contributed by atoms with van der Waals surface area (Å²) >= 11 is 0. The van der Waals surface area contributed by atoms with Crippen molar-refractivity contribution in [2.45, 2.75) is 13.2 Å². The number of nitrogens with zero attached hydrogens (tertiary/aromatic N) is 1. The number of halogens is 1. The second kappa shape index (κ2) is 5.41. The summed E-state index contributed by atoms with van der Waals surface area (Å²) in [5.74, 6) is 0.365. The lowest BCUT2D eigenvalue weighted by molar-refractivity contribution is 0.305. The van der Waals surface area contributed by atoms with Gasteiger partial charge in [0.05, 0.1) is 5.69 Å². The zero-order valence-corrected chi connectivity index (χ0v) is 9.27. The lowest BCUT2D eigenvalue weighted by Crippen LogP contribution is -2.02. The SMILES string of the molecule is NCc1cc(COc2ccc(F)cc2)ccn1. The minimum atomic E-state index is -0.272. The summed E-state index contributed by atoms with van der Waals surface area (Å²) in [5, 5.41) is 0. The maximum absolute atomic E-state index is 12.7. The second-order valence-electron chi connectivity index (χ2n) is 3.60. The third-order valence-electron chi connectivity index (χ3n) is 2.31. The first-order valence-electron chi connectivity index (χ1n) is 5.30. The van der Waals surface area contributed by atoms with Crippen molar-refractivity contribution in [3.63, 3.8) is 0 Å². The molecule has 0 aliphatic rings. The largest absolute Gasteiger partial charge is 0.489 e. The first-order chi connectivity index (χ1) is 8.28. The fourth-order valence-electron chi connectivity index (χ4n) is 1.43. The minimum absolute atomic E-state index is 0.272. The van der Waals surface area contributed by atoms with Crippen LogP contribution in [0.4, 0.5) is 4.39 Å². The van der Waals surface area contributed by atoms with Crippen molar-refractivity contribution in [3.05, 3.63) is 59.7 Å². The van der Waals surface area contributed by atoms with Gasteiger partial charge in [-0.2, -0.15) is 0 Å². The molecule has 2 N–H and O–H groups in total. The topological polar surface area (TPSA) is 48.1 Å². The Morgan fingerprint density at radius 1 is 1.18 bits per heavy atom. The Balaban J connectivity index is 1.99. The quantitative estimate of drug-likeness (QED) is 0.879. The highest BCUT2D eigenvalue weighted by Crippen LogP contribution is 2.13. The van der Waals surface area contributed by atoms with Gasteiger partial charge < -0.3 is 10.5 Å². The summed E-state index contributed by atoms with van der Waals surface area (Å²) in [4.78, 5) is 4.09. The van der Waals surface area contributed by atoms with Gasteiger partial charge in [-0.15, -0.1) is 0 Å². The fraction of sp³-hybridized carbons (Fsp3) is 0.154. The molecule has 0 bridgehead atoms. The molecule has 4 heteroatoms. The highest BCUT2D eigenvalue weighted by Gasteiger charge is 1.98. The highest BCUT2D eigenvalue weighted by atomic mass is 19.1. The lowest BCUT2D eigenvalue weighted by atomic mass is 10.2. The molecule has 0 atom stereocenters. The zero-order valence-electron chi connectivity index (χ0n) is 9.27. The predicted molar refractivity (Wildman–Crippen MR) is 62.9 cm³/mol. The average molecular weight is 232 g/mol. The third-order valence-corrected chi connectivity index (χ3v) is 2.31. The van der Waals surface area contributed by atoms with E-state index < -0.39 is 0 Å². The number of pyridine rings is 1. The molecule has 2 rings (SSSR count). The van der Waals surface area contributed by atoms with Crippen LogP contribution in [-0.2, 0) is 13.2 Å². The summed E-state index contributed by atoms with van der Waals surface area (Å²) in [6.07, 6.45) is 1.70. The summed E-state index contributed by atoms with van der Waals surface area (Å²) in [5.41, 5.74) is 7.31. The summed E-state index contributed by atoms with van der Waals surface area (Å²) in [7, 11) is 0. The normalized spacial score (nSPS) is 10.2.